The number of phenols is 1. The third-order valence-corrected chi connectivity index (χ3v) is 4.71. The van der Waals surface area contributed by atoms with Crippen LogP contribution in [-0.2, 0) is 6.54 Å². The maximum atomic E-state index is 9.95. The van der Waals surface area contributed by atoms with Gasteiger partial charge in [-0.15, -0.1) is 0 Å². The molecular weight excluding hydrogens is 364 g/mol. The largest absolute Gasteiger partial charge is 0.508 e. The Hall–Kier alpha value is -1.23. The molecule has 1 fully saturated rings. The first-order chi connectivity index (χ1) is 10.6. The highest BCUT2D eigenvalue weighted by Crippen LogP contribution is 2.25. The molecule has 0 atom stereocenters. The predicted molar refractivity (Wildman–Crippen MR) is 94.7 cm³/mol. The molecule has 0 aliphatic carbocycles. The second-order valence-electron chi connectivity index (χ2n) is 5.52. The molecule has 1 N–H and O–H groups in total. The summed E-state index contributed by atoms with van der Waals surface area (Å²) in [4.78, 5) is 4.71. The SMILES string of the molecule is Oc1ccc(Br)cc1CN1CCN(c2cccc(Cl)c2)CC1. The fourth-order valence-corrected chi connectivity index (χ4v) is 3.35. The van der Waals surface area contributed by atoms with Crippen molar-refractivity contribution in [2.45, 2.75) is 6.54 Å². The first kappa shape index (κ1) is 15.7. The van der Waals surface area contributed by atoms with Crippen molar-refractivity contribution in [1.29, 1.82) is 0 Å². The van der Waals surface area contributed by atoms with Crippen LogP contribution in [-0.4, -0.2) is 36.2 Å². The lowest BCUT2D eigenvalue weighted by atomic mass is 10.1. The van der Waals surface area contributed by atoms with Crippen molar-refractivity contribution in [2.24, 2.45) is 0 Å². The zero-order chi connectivity index (χ0) is 15.5. The van der Waals surface area contributed by atoms with Crippen LogP contribution in [0.2, 0.25) is 5.02 Å². The first-order valence-electron chi connectivity index (χ1n) is 7.32. The van der Waals surface area contributed by atoms with Gasteiger partial charge in [0, 0.05) is 53.5 Å². The number of anilines is 1. The molecule has 0 bridgehead atoms. The average molecular weight is 382 g/mol. The number of nitrogens with zero attached hydrogens (tertiary/aromatic N) is 2. The monoisotopic (exact) mass is 380 g/mol. The van der Waals surface area contributed by atoms with Crippen LogP contribution in [0.5, 0.6) is 5.75 Å². The maximum absolute atomic E-state index is 9.95. The molecular formula is C17H18BrClN2O. The molecule has 22 heavy (non-hydrogen) atoms. The van der Waals surface area contributed by atoms with Crippen LogP contribution in [0, 0.1) is 0 Å². The molecule has 2 aromatic carbocycles. The third-order valence-electron chi connectivity index (χ3n) is 3.98. The molecule has 3 rings (SSSR count). The minimum atomic E-state index is 0.362. The van der Waals surface area contributed by atoms with Crippen LogP contribution in [0.4, 0.5) is 5.69 Å². The van der Waals surface area contributed by atoms with E-state index >= 15 is 0 Å². The summed E-state index contributed by atoms with van der Waals surface area (Å²) in [6.45, 7) is 4.65. The molecule has 1 saturated heterocycles. The van der Waals surface area contributed by atoms with E-state index in [1.54, 1.807) is 6.07 Å². The number of halogens is 2. The van der Waals surface area contributed by atoms with Gasteiger partial charge in [0.25, 0.3) is 0 Å². The van der Waals surface area contributed by atoms with Crippen molar-refractivity contribution in [3.63, 3.8) is 0 Å². The minimum absolute atomic E-state index is 0.362. The van der Waals surface area contributed by atoms with Crippen molar-refractivity contribution in [3.8, 4) is 5.75 Å². The molecule has 0 radical (unpaired) electrons. The Morgan fingerprint density at radius 3 is 2.55 bits per heavy atom. The standard InChI is InChI=1S/C17H18BrClN2O/c18-14-4-5-17(22)13(10-14)12-20-6-8-21(9-7-20)16-3-1-2-15(19)11-16/h1-5,10-11,22H,6-9,12H2. The van der Waals surface area contributed by atoms with Gasteiger partial charge in [0.2, 0.25) is 0 Å². The molecule has 5 heteroatoms. The van der Waals surface area contributed by atoms with E-state index in [0.29, 0.717) is 5.75 Å². The quantitative estimate of drug-likeness (QED) is 0.866. The number of piperazine rings is 1. The van der Waals surface area contributed by atoms with Gasteiger partial charge >= 0.3 is 0 Å². The van der Waals surface area contributed by atoms with E-state index < -0.39 is 0 Å². The van der Waals surface area contributed by atoms with E-state index in [4.69, 9.17) is 11.6 Å². The van der Waals surface area contributed by atoms with Crippen molar-refractivity contribution >= 4 is 33.2 Å². The molecule has 1 heterocycles. The smallest absolute Gasteiger partial charge is 0.120 e. The van der Waals surface area contributed by atoms with Gasteiger partial charge in [-0.3, -0.25) is 4.90 Å². The Balaban J connectivity index is 1.61. The van der Waals surface area contributed by atoms with E-state index in [1.807, 2.05) is 30.3 Å². The number of phenolic OH excluding ortho intramolecular Hbond substituents is 1. The van der Waals surface area contributed by atoms with Crippen molar-refractivity contribution in [2.75, 3.05) is 31.1 Å². The van der Waals surface area contributed by atoms with Gasteiger partial charge < -0.3 is 10.0 Å². The highest BCUT2D eigenvalue weighted by molar-refractivity contribution is 9.10. The summed E-state index contributed by atoms with van der Waals surface area (Å²) < 4.78 is 0.998. The van der Waals surface area contributed by atoms with Crippen molar-refractivity contribution in [1.82, 2.24) is 4.90 Å². The van der Waals surface area contributed by atoms with Crippen LogP contribution < -0.4 is 4.90 Å². The maximum Gasteiger partial charge on any atom is 0.120 e. The topological polar surface area (TPSA) is 26.7 Å². The summed E-state index contributed by atoms with van der Waals surface area (Å²) in [5.74, 6) is 0.362. The molecule has 2 aromatic rings. The molecule has 116 valence electrons. The Bertz CT molecular complexity index is 657. The van der Waals surface area contributed by atoms with Crippen LogP contribution in [0.3, 0.4) is 0 Å². The van der Waals surface area contributed by atoms with E-state index in [2.05, 4.69) is 31.8 Å². The van der Waals surface area contributed by atoms with Crippen LogP contribution in [0.15, 0.2) is 46.9 Å². The lowest BCUT2D eigenvalue weighted by Crippen LogP contribution is -2.45. The Labute approximate surface area is 144 Å². The third kappa shape index (κ3) is 3.75. The average Bonchev–Trinajstić information content (AvgIpc) is 2.52. The number of aromatic hydroxyl groups is 1. The molecule has 0 saturated carbocycles. The van der Waals surface area contributed by atoms with Crippen LogP contribution in [0.1, 0.15) is 5.56 Å². The highest BCUT2D eigenvalue weighted by atomic mass is 79.9. The van der Waals surface area contributed by atoms with Crippen molar-refractivity contribution in [3.05, 3.63) is 57.5 Å². The first-order valence-corrected chi connectivity index (χ1v) is 8.49. The molecule has 0 unspecified atom stereocenters. The molecule has 0 spiro atoms. The summed E-state index contributed by atoms with van der Waals surface area (Å²) >= 11 is 9.52. The predicted octanol–water partition coefficient (Wildman–Crippen LogP) is 4.13. The van der Waals surface area contributed by atoms with Crippen molar-refractivity contribution < 1.29 is 5.11 Å². The minimum Gasteiger partial charge on any atom is -0.508 e. The lowest BCUT2D eigenvalue weighted by Gasteiger charge is -2.36. The summed E-state index contributed by atoms with van der Waals surface area (Å²) in [6, 6.07) is 13.6. The summed E-state index contributed by atoms with van der Waals surface area (Å²) in [7, 11) is 0. The zero-order valence-electron chi connectivity index (χ0n) is 12.2. The normalized spacial score (nSPS) is 16.0. The Morgan fingerprint density at radius 2 is 1.82 bits per heavy atom. The lowest BCUT2D eigenvalue weighted by molar-refractivity contribution is 0.246. The van der Waals surface area contributed by atoms with Gasteiger partial charge in [-0.25, -0.2) is 0 Å². The van der Waals surface area contributed by atoms with E-state index in [-0.39, 0.29) is 0 Å². The van der Waals surface area contributed by atoms with E-state index in [9.17, 15) is 5.11 Å². The van der Waals surface area contributed by atoms with Gasteiger partial charge in [-0.1, -0.05) is 33.6 Å². The van der Waals surface area contributed by atoms with Gasteiger partial charge in [0.05, 0.1) is 0 Å². The molecule has 0 aromatic heterocycles. The zero-order valence-corrected chi connectivity index (χ0v) is 14.5. The Morgan fingerprint density at radius 1 is 1.05 bits per heavy atom. The molecule has 1 aliphatic heterocycles. The highest BCUT2D eigenvalue weighted by Gasteiger charge is 2.18. The molecule has 1 aliphatic rings. The van der Waals surface area contributed by atoms with E-state index in [1.165, 1.54) is 5.69 Å². The number of benzene rings is 2. The fourth-order valence-electron chi connectivity index (χ4n) is 2.76. The van der Waals surface area contributed by atoms with Gasteiger partial charge in [-0.2, -0.15) is 0 Å². The molecule has 0 amide bonds. The number of hydrogen-bond donors (Lipinski definition) is 1. The number of rotatable bonds is 3. The van der Waals surface area contributed by atoms with Gasteiger partial charge in [-0.05, 0) is 36.4 Å². The van der Waals surface area contributed by atoms with E-state index in [0.717, 1.165) is 47.8 Å². The summed E-state index contributed by atoms with van der Waals surface area (Å²) in [6.07, 6.45) is 0. The Kier molecular flexibility index (Phi) is 4.91. The van der Waals surface area contributed by atoms with Gasteiger partial charge in [0.1, 0.15) is 5.75 Å². The summed E-state index contributed by atoms with van der Waals surface area (Å²) in [5.41, 5.74) is 2.14. The second-order valence-corrected chi connectivity index (χ2v) is 6.87. The van der Waals surface area contributed by atoms with Gasteiger partial charge in [0.15, 0.2) is 0 Å². The second kappa shape index (κ2) is 6.90. The van der Waals surface area contributed by atoms with Crippen LogP contribution in [0.25, 0.3) is 0 Å². The fraction of sp³-hybridized carbons (Fsp3) is 0.294. The molecule has 3 nitrogen and oxygen atoms in total. The number of hydrogen-bond acceptors (Lipinski definition) is 3. The van der Waals surface area contributed by atoms with Crippen LogP contribution >= 0.6 is 27.5 Å². The summed E-state index contributed by atoms with van der Waals surface area (Å²) in [5, 5.41) is 10.7.